The smallest absolute Gasteiger partial charge is 0.262 e. The minimum absolute atomic E-state index is 0.000276. The quantitative estimate of drug-likeness (QED) is 0.301. The van der Waals surface area contributed by atoms with E-state index in [9.17, 15) is 24.4 Å². The van der Waals surface area contributed by atoms with Crippen LogP contribution in [-0.2, 0) is 22.7 Å². The van der Waals surface area contributed by atoms with E-state index in [4.69, 9.17) is 16.3 Å². The van der Waals surface area contributed by atoms with Crippen LogP contribution in [0.5, 0.6) is 5.75 Å². The molecular formula is C46H50ClN7O5. The second kappa shape index (κ2) is 13.5. The highest BCUT2D eigenvalue weighted by molar-refractivity contribution is 6.31. The van der Waals surface area contributed by atoms with Crippen molar-refractivity contribution in [1.82, 2.24) is 20.0 Å². The Morgan fingerprint density at radius 2 is 1.46 bits per heavy atom. The van der Waals surface area contributed by atoms with E-state index in [-0.39, 0.29) is 35.7 Å². The van der Waals surface area contributed by atoms with Crippen LogP contribution in [0.1, 0.15) is 90.8 Å². The van der Waals surface area contributed by atoms with Gasteiger partial charge in [-0.05, 0) is 72.9 Å². The van der Waals surface area contributed by atoms with Gasteiger partial charge in [-0.3, -0.25) is 39.2 Å². The number of carbonyl (C=O) groups excluding carboxylic acids is 4. The third-order valence-electron chi connectivity index (χ3n) is 14.8. The van der Waals surface area contributed by atoms with Crippen LogP contribution in [0.25, 0.3) is 0 Å². The Kier molecular flexibility index (Phi) is 8.77. The average Bonchev–Trinajstić information content (AvgIpc) is 3.68. The number of carbonyl (C=O) groups is 4. The fourth-order valence-electron chi connectivity index (χ4n) is 12.3. The molecule has 2 saturated carbocycles. The Morgan fingerprint density at radius 1 is 0.780 bits per heavy atom. The maximum Gasteiger partial charge on any atom is 0.262 e. The van der Waals surface area contributed by atoms with E-state index in [0.29, 0.717) is 45.0 Å². The van der Waals surface area contributed by atoms with Crippen LogP contribution in [0.3, 0.4) is 0 Å². The van der Waals surface area contributed by atoms with Gasteiger partial charge in [0.15, 0.2) is 0 Å². The van der Waals surface area contributed by atoms with Crippen LogP contribution < -0.4 is 19.9 Å². The summed E-state index contributed by atoms with van der Waals surface area (Å²) in [5.74, 6) is -1.20. The number of amides is 4. The van der Waals surface area contributed by atoms with Crippen molar-refractivity contribution in [2.45, 2.75) is 90.7 Å². The molecule has 10 rings (SSSR count). The lowest BCUT2D eigenvalue weighted by Gasteiger charge is -2.65. The number of rotatable bonds is 7. The van der Waals surface area contributed by atoms with E-state index in [1.807, 2.05) is 12.1 Å². The minimum Gasteiger partial charge on any atom is -0.489 e. The van der Waals surface area contributed by atoms with Gasteiger partial charge in [0.05, 0.1) is 21.7 Å². The van der Waals surface area contributed by atoms with Crippen molar-refractivity contribution in [3.05, 3.63) is 87.4 Å². The number of piperazine rings is 1. The Hall–Kier alpha value is -4.96. The second-order valence-corrected chi connectivity index (χ2v) is 19.7. The lowest BCUT2D eigenvalue weighted by Crippen LogP contribution is -2.74. The maximum atomic E-state index is 13.4. The van der Waals surface area contributed by atoms with E-state index >= 15 is 0 Å². The third kappa shape index (κ3) is 6.06. The van der Waals surface area contributed by atoms with Gasteiger partial charge in [0.1, 0.15) is 24.0 Å². The van der Waals surface area contributed by atoms with Crippen LogP contribution in [0, 0.1) is 27.6 Å². The molecule has 5 fully saturated rings. The molecule has 59 heavy (non-hydrogen) atoms. The first-order valence-corrected chi connectivity index (χ1v) is 21.4. The monoisotopic (exact) mass is 815 g/mol. The number of benzene rings is 3. The number of nitriles is 1. The molecule has 1 spiro atoms. The summed E-state index contributed by atoms with van der Waals surface area (Å²) in [6.07, 6.45) is 2.60. The van der Waals surface area contributed by atoms with Gasteiger partial charge in [0, 0.05) is 105 Å². The first-order valence-electron chi connectivity index (χ1n) is 21.0. The van der Waals surface area contributed by atoms with Crippen molar-refractivity contribution >= 4 is 46.6 Å². The lowest BCUT2D eigenvalue weighted by molar-refractivity contribution is -0.211. The molecule has 0 radical (unpaired) electrons. The molecule has 4 amide bonds. The van der Waals surface area contributed by atoms with Gasteiger partial charge < -0.3 is 14.5 Å². The summed E-state index contributed by atoms with van der Waals surface area (Å²) in [6, 6.07) is 19.9. The van der Waals surface area contributed by atoms with E-state index in [1.54, 1.807) is 24.3 Å². The summed E-state index contributed by atoms with van der Waals surface area (Å²) in [7, 11) is 0. The number of nitrogens with zero attached hydrogens (tertiary/aromatic N) is 6. The maximum absolute atomic E-state index is 13.4. The predicted octanol–water partition coefficient (Wildman–Crippen LogP) is 5.60. The number of imide groups is 2. The van der Waals surface area contributed by atoms with E-state index in [1.165, 1.54) is 29.7 Å². The highest BCUT2D eigenvalue weighted by Gasteiger charge is 2.65. The topological polar surface area (TPSA) is 130 Å². The molecule has 13 heteroatoms. The molecule has 7 aliphatic rings. The SMILES string of the molecule is CC1(C)[C@H](Oc2ccc(C#N)c(Cl)c2)C(C)(C)[C@H]1N1Cc2ccc(N3CCN(C4CC5(C4)CN(c4ccc6c(c4)C(=O)N(C4CCC(=O)NC4=O)C6=O)C5)CC3)cc2C1. The van der Waals surface area contributed by atoms with Gasteiger partial charge in [-0.1, -0.05) is 45.4 Å². The largest absolute Gasteiger partial charge is 0.489 e. The summed E-state index contributed by atoms with van der Waals surface area (Å²) < 4.78 is 6.58. The van der Waals surface area contributed by atoms with Gasteiger partial charge in [-0.15, -0.1) is 0 Å². The molecule has 1 atom stereocenters. The molecule has 5 heterocycles. The van der Waals surface area contributed by atoms with Crippen molar-refractivity contribution in [3.63, 3.8) is 0 Å². The number of fused-ring (bicyclic) bond motifs is 2. The van der Waals surface area contributed by atoms with Crippen LogP contribution >= 0.6 is 11.6 Å². The Balaban J connectivity index is 0.708. The van der Waals surface area contributed by atoms with Crippen LogP contribution in [-0.4, -0.2) is 102 Å². The molecule has 2 aliphatic carbocycles. The number of piperidine rings is 1. The van der Waals surface area contributed by atoms with E-state index < -0.39 is 23.8 Å². The summed E-state index contributed by atoms with van der Waals surface area (Å²) in [4.78, 5) is 61.8. The Labute approximate surface area is 350 Å². The van der Waals surface area contributed by atoms with Gasteiger partial charge >= 0.3 is 0 Å². The molecule has 3 aromatic carbocycles. The minimum atomic E-state index is -0.957. The number of nitrogens with one attached hydrogen (secondary N) is 1. The molecule has 12 nitrogen and oxygen atoms in total. The van der Waals surface area contributed by atoms with E-state index in [2.05, 4.69) is 76.9 Å². The lowest BCUT2D eigenvalue weighted by atomic mass is 9.49. The normalized spacial score (nSPS) is 27.1. The molecule has 3 aromatic rings. The van der Waals surface area contributed by atoms with Gasteiger partial charge in [0.25, 0.3) is 11.8 Å². The van der Waals surface area contributed by atoms with Crippen molar-refractivity contribution in [1.29, 1.82) is 5.26 Å². The third-order valence-corrected chi connectivity index (χ3v) is 15.1. The molecule has 306 valence electrons. The van der Waals surface area contributed by atoms with Crippen LogP contribution in [0.2, 0.25) is 5.02 Å². The molecule has 1 unspecified atom stereocenters. The second-order valence-electron chi connectivity index (χ2n) is 19.3. The number of ether oxygens (including phenoxy) is 1. The van der Waals surface area contributed by atoms with Crippen LogP contribution in [0.15, 0.2) is 54.6 Å². The van der Waals surface area contributed by atoms with E-state index in [0.717, 1.165) is 62.9 Å². The number of hydrogen-bond donors (Lipinski definition) is 1. The predicted molar refractivity (Wildman–Crippen MR) is 222 cm³/mol. The Morgan fingerprint density at radius 3 is 2.15 bits per heavy atom. The Bertz CT molecular complexity index is 2330. The number of anilines is 2. The van der Waals surface area contributed by atoms with Crippen molar-refractivity contribution < 1.29 is 23.9 Å². The van der Waals surface area contributed by atoms with Gasteiger partial charge in [-0.2, -0.15) is 5.26 Å². The van der Waals surface area contributed by atoms with Gasteiger partial charge in [-0.25, -0.2) is 0 Å². The molecule has 5 aliphatic heterocycles. The molecule has 0 bridgehead atoms. The zero-order chi connectivity index (χ0) is 41.2. The van der Waals surface area contributed by atoms with Gasteiger partial charge in [0.2, 0.25) is 11.8 Å². The molecular weight excluding hydrogens is 766 g/mol. The first-order chi connectivity index (χ1) is 28.2. The zero-order valence-electron chi connectivity index (χ0n) is 34.1. The van der Waals surface area contributed by atoms with Crippen LogP contribution in [0.4, 0.5) is 11.4 Å². The van der Waals surface area contributed by atoms with Crippen molar-refractivity contribution in [2.24, 2.45) is 16.2 Å². The zero-order valence-corrected chi connectivity index (χ0v) is 34.8. The summed E-state index contributed by atoms with van der Waals surface area (Å²) in [6.45, 7) is 17.1. The van der Waals surface area contributed by atoms with Crippen molar-refractivity contribution in [2.75, 3.05) is 49.1 Å². The fourth-order valence-corrected chi connectivity index (χ4v) is 12.6. The molecule has 3 saturated heterocycles. The highest BCUT2D eigenvalue weighted by atomic mass is 35.5. The first kappa shape index (κ1) is 38.3. The average molecular weight is 816 g/mol. The molecule has 0 aromatic heterocycles. The molecule has 1 N–H and O–H groups in total. The summed E-state index contributed by atoms with van der Waals surface area (Å²) >= 11 is 6.34. The fraction of sp³-hybridized carbons (Fsp3) is 0.500. The number of hydrogen-bond acceptors (Lipinski definition) is 10. The van der Waals surface area contributed by atoms with Crippen molar-refractivity contribution in [3.8, 4) is 11.8 Å². The standard InChI is InChI=1S/C46H50ClN7O5/c1-44(2)42(45(3,4)43(44)59-33-9-6-27(22-48)36(47)19-33)52-23-28-5-7-30(17-29(28)24-52)50-13-15-51(16-14-50)32-20-46(21-32)25-53(26-46)31-8-10-34-35(18-31)41(58)54(40(34)57)37-11-12-38(55)49-39(37)56/h5-10,17-19,32,37,42-43H,11-16,20-21,23-26H2,1-4H3,(H,49,55,56)/t37?,42-,43-. The highest BCUT2D eigenvalue weighted by Crippen LogP contribution is 2.59. The summed E-state index contributed by atoms with van der Waals surface area (Å²) in [5.41, 5.74) is 6.29. The summed E-state index contributed by atoms with van der Waals surface area (Å²) in [5, 5.41) is 12.0. The number of halogens is 1.